The van der Waals surface area contributed by atoms with Crippen molar-refractivity contribution in [3.05, 3.63) is 63.2 Å². The monoisotopic (exact) mass is 262 g/mol. The Balaban J connectivity index is 2.97. The van der Waals surface area contributed by atoms with Gasteiger partial charge in [-0.05, 0) is 12.1 Å². The van der Waals surface area contributed by atoms with Gasteiger partial charge in [-0.3, -0.25) is 25.7 Å². The van der Waals surface area contributed by atoms with Gasteiger partial charge >= 0.3 is 5.69 Å². The Hall–Kier alpha value is -3.03. The first-order valence-electron chi connectivity index (χ1n) is 5.06. The van der Waals surface area contributed by atoms with E-state index in [1.807, 2.05) is 0 Å². The van der Waals surface area contributed by atoms with Gasteiger partial charge in [0.1, 0.15) is 5.69 Å². The molecule has 8 nitrogen and oxygen atoms in total. The van der Waals surface area contributed by atoms with Crippen molar-refractivity contribution in [2.75, 3.05) is 5.43 Å². The maximum absolute atomic E-state index is 10.8. The number of nitro benzene ring substituents is 2. The Morgan fingerprint density at radius 2 is 1.95 bits per heavy atom. The van der Waals surface area contributed by atoms with Gasteiger partial charge in [0.2, 0.25) is 0 Å². The second kappa shape index (κ2) is 6.64. The van der Waals surface area contributed by atoms with Crippen molar-refractivity contribution in [1.82, 2.24) is 0 Å². The molecule has 8 heteroatoms. The van der Waals surface area contributed by atoms with Gasteiger partial charge in [-0.15, -0.1) is 0 Å². The lowest BCUT2D eigenvalue weighted by Gasteiger charge is -2.01. The zero-order chi connectivity index (χ0) is 14.3. The smallest absolute Gasteiger partial charge is 0.272 e. The van der Waals surface area contributed by atoms with Crippen molar-refractivity contribution in [3.8, 4) is 0 Å². The number of benzene rings is 1. The molecule has 0 radical (unpaired) electrons. The van der Waals surface area contributed by atoms with Crippen molar-refractivity contribution in [2.24, 2.45) is 5.10 Å². The number of nitrogens with one attached hydrogen (secondary N) is 1. The normalized spacial score (nSPS) is 10.7. The van der Waals surface area contributed by atoms with Gasteiger partial charge in [0.25, 0.3) is 5.69 Å². The van der Waals surface area contributed by atoms with Gasteiger partial charge in [0, 0.05) is 12.3 Å². The van der Waals surface area contributed by atoms with Crippen molar-refractivity contribution in [2.45, 2.75) is 0 Å². The molecule has 0 unspecified atom stereocenters. The van der Waals surface area contributed by atoms with Gasteiger partial charge in [-0.25, -0.2) is 0 Å². The van der Waals surface area contributed by atoms with Crippen LogP contribution in [0, 0.1) is 20.2 Å². The Morgan fingerprint density at radius 3 is 2.53 bits per heavy atom. The second-order valence-corrected chi connectivity index (χ2v) is 3.23. The lowest BCUT2D eigenvalue weighted by Crippen LogP contribution is -1.98. The minimum Gasteiger partial charge on any atom is -0.272 e. The van der Waals surface area contributed by atoms with Crippen LogP contribution in [0.4, 0.5) is 17.1 Å². The van der Waals surface area contributed by atoms with Crippen LogP contribution in [0.5, 0.6) is 0 Å². The third-order valence-electron chi connectivity index (χ3n) is 1.98. The molecule has 0 fully saturated rings. The molecule has 0 aliphatic rings. The highest BCUT2D eigenvalue weighted by Crippen LogP contribution is 2.28. The highest BCUT2D eigenvalue weighted by atomic mass is 16.6. The summed E-state index contributed by atoms with van der Waals surface area (Å²) < 4.78 is 0. The Bertz CT molecular complexity index is 566. The molecular formula is C11H10N4O4. The predicted octanol–water partition coefficient (Wildman–Crippen LogP) is 2.64. The first-order valence-corrected chi connectivity index (χ1v) is 5.06. The zero-order valence-corrected chi connectivity index (χ0v) is 9.72. The summed E-state index contributed by atoms with van der Waals surface area (Å²) in [5.41, 5.74) is 1.74. The van der Waals surface area contributed by atoms with E-state index in [-0.39, 0.29) is 11.4 Å². The van der Waals surface area contributed by atoms with Crippen molar-refractivity contribution >= 4 is 23.3 Å². The summed E-state index contributed by atoms with van der Waals surface area (Å²) in [6.45, 7) is 3.46. The molecule has 1 aromatic rings. The molecule has 0 bridgehead atoms. The Morgan fingerprint density at radius 1 is 1.21 bits per heavy atom. The van der Waals surface area contributed by atoms with Gasteiger partial charge in [-0.1, -0.05) is 18.7 Å². The number of nitrogens with zero attached hydrogens (tertiary/aromatic N) is 3. The Labute approximate surface area is 108 Å². The van der Waals surface area contributed by atoms with Crippen LogP contribution in [0.2, 0.25) is 0 Å². The van der Waals surface area contributed by atoms with Crippen LogP contribution in [0.25, 0.3) is 0 Å². The highest BCUT2D eigenvalue weighted by Gasteiger charge is 2.18. The molecule has 0 aliphatic heterocycles. The van der Waals surface area contributed by atoms with Crippen molar-refractivity contribution < 1.29 is 9.85 Å². The molecule has 1 N–H and O–H groups in total. The van der Waals surface area contributed by atoms with E-state index in [0.29, 0.717) is 0 Å². The van der Waals surface area contributed by atoms with E-state index in [2.05, 4.69) is 17.1 Å². The lowest BCUT2D eigenvalue weighted by atomic mass is 10.2. The maximum Gasteiger partial charge on any atom is 0.301 e. The second-order valence-electron chi connectivity index (χ2n) is 3.23. The molecule has 0 aromatic heterocycles. The van der Waals surface area contributed by atoms with Crippen LogP contribution in [0.3, 0.4) is 0 Å². The standard InChI is InChI=1S/C11H10N4O4/c1-2-3-4-7-12-13-10-6-5-9(14(16)17)8-11(10)15(18)19/h2-8,13H,1H2/b4-3-,12-7+. The van der Waals surface area contributed by atoms with E-state index < -0.39 is 15.5 Å². The van der Waals surface area contributed by atoms with E-state index in [0.717, 1.165) is 12.1 Å². The van der Waals surface area contributed by atoms with Crippen molar-refractivity contribution in [1.29, 1.82) is 0 Å². The number of non-ortho nitro benzene ring substituents is 1. The van der Waals surface area contributed by atoms with Crippen LogP contribution in [0.1, 0.15) is 0 Å². The predicted molar refractivity (Wildman–Crippen MR) is 71.2 cm³/mol. The van der Waals surface area contributed by atoms with Crippen LogP contribution in [0.15, 0.2) is 48.1 Å². The largest absolute Gasteiger partial charge is 0.301 e. The SMILES string of the molecule is C=C/C=C\C=N\Nc1ccc([N+](=O)[O-])cc1[N+](=O)[O-]. The quantitative estimate of drug-likeness (QED) is 0.366. The van der Waals surface area contributed by atoms with E-state index in [4.69, 9.17) is 0 Å². The Kier molecular flexibility index (Phi) is 4.91. The summed E-state index contributed by atoms with van der Waals surface area (Å²) in [6.07, 6.45) is 6.10. The molecule has 0 amide bonds. The topological polar surface area (TPSA) is 111 Å². The van der Waals surface area contributed by atoms with Crippen molar-refractivity contribution in [3.63, 3.8) is 0 Å². The number of hydrazone groups is 1. The summed E-state index contributed by atoms with van der Waals surface area (Å²) in [6, 6.07) is 3.26. The van der Waals surface area contributed by atoms with Gasteiger partial charge in [-0.2, -0.15) is 5.10 Å². The fraction of sp³-hybridized carbons (Fsp3) is 0. The highest BCUT2D eigenvalue weighted by molar-refractivity contribution is 5.73. The average molecular weight is 262 g/mol. The summed E-state index contributed by atoms with van der Waals surface area (Å²) in [7, 11) is 0. The molecule has 19 heavy (non-hydrogen) atoms. The van der Waals surface area contributed by atoms with Crippen LogP contribution in [-0.2, 0) is 0 Å². The summed E-state index contributed by atoms with van der Waals surface area (Å²) in [5, 5.41) is 25.0. The molecule has 0 spiro atoms. The number of rotatable bonds is 6. The maximum atomic E-state index is 10.8. The van der Waals surface area contributed by atoms with Crippen LogP contribution >= 0.6 is 0 Å². The molecule has 0 atom stereocenters. The molecule has 98 valence electrons. The molecule has 0 heterocycles. The lowest BCUT2D eigenvalue weighted by molar-refractivity contribution is -0.393. The van der Waals surface area contributed by atoms with Crippen LogP contribution < -0.4 is 5.43 Å². The molecule has 0 saturated heterocycles. The van der Waals surface area contributed by atoms with E-state index in [1.165, 1.54) is 12.3 Å². The van der Waals surface area contributed by atoms with Gasteiger partial charge < -0.3 is 0 Å². The van der Waals surface area contributed by atoms with Gasteiger partial charge in [0.15, 0.2) is 0 Å². The third-order valence-corrected chi connectivity index (χ3v) is 1.98. The zero-order valence-electron chi connectivity index (χ0n) is 9.72. The van der Waals surface area contributed by atoms with E-state index >= 15 is 0 Å². The summed E-state index contributed by atoms with van der Waals surface area (Å²) in [5.74, 6) is 0. The summed E-state index contributed by atoms with van der Waals surface area (Å²) >= 11 is 0. The summed E-state index contributed by atoms with van der Waals surface area (Å²) in [4.78, 5) is 19.9. The first kappa shape index (κ1) is 14.0. The van der Waals surface area contributed by atoms with E-state index in [9.17, 15) is 20.2 Å². The third kappa shape index (κ3) is 4.04. The average Bonchev–Trinajstić information content (AvgIpc) is 2.38. The molecular weight excluding hydrogens is 252 g/mol. The van der Waals surface area contributed by atoms with E-state index in [1.54, 1.807) is 18.2 Å². The number of hydrogen-bond donors (Lipinski definition) is 1. The van der Waals surface area contributed by atoms with Crippen LogP contribution in [-0.4, -0.2) is 16.1 Å². The minimum atomic E-state index is -0.718. The molecule has 0 aliphatic carbocycles. The van der Waals surface area contributed by atoms with Gasteiger partial charge in [0.05, 0.1) is 15.9 Å². The number of hydrogen-bond acceptors (Lipinski definition) is 6. The first-order chi connectivity index (χ1) is 9.06. The fourth-order valence-corrected chi connectivity index (χ4v) is 1.16. The molecule has 0 saturated carbocycles. The number of anilines is 1. The number of allylic oxidation sites excluding steroid dienone is 3. The molecule has 1 aromatic carbocycles. The number of nitro groups is 2. The fourth-order valence-electron chi connectivity index (χ4n) is 1.16. The minimum absolute atomic E-state index is 0.0684. The molecule has 1 rings (SSSR count).